The maximum absolute atomic E-state index is 14.1. The summed E-state index contributed by atoms with van der Waals surface area (Å²) in [6, 6.07) is 24.2. The third-order valence-electron chi connectivity index (χ3n) is 6.79. The van der Waals surface area contributed by atoms with Crippen molar-refractivity contribution in [2.75, 3.05) is 6.61 Å². The lowest BCUT2D eigenvalue weighted by Crippen LogP contribution is -2.30. The fourth-order valence-electron chi connectivity index (χ4n) is 4.82. The lowest BCUT2D eigenvalue weighted by atomic mass is 9.94. The van der Waals surface area contributed by atoms with E-state index >= 15 is 0 Å². The number of nitrogens with zero attached hydrogens (tertiary/aromatic N) is 2. The molecule has 0 aliphatic carbocycles. The minimum atomic E-state index is -0.738. The topological polar surface area (TPSA) is 79.7 Å². The molecule has 1 aliphatic heterocycles. The van der Waals surface area contributed by atoms with E-state index in [0.717, 1.165) is 33.0 Å². The fraction of sp³-hybridized carbons (Fsp3) is 0.242. The molecule has 1 amide bonds. The normalized spacial score (nSPS) is 15.3. The number of aromatic nitrogens is 1. The van der Waals surface area contributed by atoms with Gasteiger partial charge in [0.25, 0.3) is 5.91 Å². The van der Waals surface area contributed by atoms with Crippen molar-refractivity contribution in [3.63, 3.8) is 0 Å². The summed E-state index contributed by atoms with van der Waals surface area (Å²) in [7, 11) is 0. The zero-order valence-corrected chi connectivity index (χ0v) is 23.9. The molecule has 1 unspecified atom stereocenters. The van der Waals surface area contributed by atoms with E-state index in [0.29, 0.717) is 23.1 Å². The molecule has 3 aromatic carbocycles. The van der Waals surface area contributed by atoms with E-state index in [1.807, 2.05) is 85.8 Å². The van der Waals surface area contributed by atoms with Gasteiger partial charge in [-0.3, -0.25) is 9.59 Å². The number of rotatable bonds is 9. The molecule has 6 nitrogen and oxygen atoms in total. The number of carbonyl (C=O) groups is 2. The molecule has 0 bridgehead atoms. The van der Waals surface area contributed by atoms with Gasteiger partial charge in [0.2, 0.25) is 5.78 Å². The first-order valence-corrected chi connectivity index (χ1v) is 14.1. The summed E-state index contributed by atoms with van der Waals surface area (Å²) in [5.74, 6) is -0.294. The van der Waals surface area contributed by atoms with Crippen molar-refractivity contribution in [1.82, 2.24) is 9.88 Å². The third-order valence-corrected chi connectivity index (χ3v) is 7.99. The number of benzene rings is 3. The second-order valence-electron chi connectivity index (χ2n) is 10.5. The van der Waals surface area contributed by atoms with Crippen molar-refractivity contribution in [1.29, 1.82) is 0 Å². The summed E-state index contributed by atoms with van der Waals surface area (Å²) < 4.78 is 5.80. The smallest absolute Gasteiger partial charge is 0.290 e. The van der Waals surface area contributed by atoms with E-state index in [-0.39, 0.29) is 17.9 Å². The van der Waals surface area contributed by atoms with Crippen LogP contribution in [0.4, 0.5) is 0 Å². The molecule has 0 saturated heterocycles. The zero-order chi connectivity index (χ0) is 28.4. The molecule has 1 aromatic heterocycles. The number of aryl methyl sites for hydroxylation is 2. The van der Waals surface area contributed by atoms with Gasteiger partial charge in [-0.15, -0.1) is 11.3 Å². The van der Waals surface area contributed by atoms with Gasteiger partial charge in [0.15, 0.2) is 5.76 Å². The Balaban J connectivity index is 1.50. The molecule has 5 rings (SSSR count). The van der Waals surface area contributed by atoms with E-state index in [9.17, 15) is 14.7 Å². The van der Waals surface area contributed by atoms with Crippen molar-refractivity contribution < 1.29 is 19.4 Å². The number of hydrogen-bond donors (Lipinski definition) is 1. The quantitative estimate of drug-likeness (QED) is 0.221. The largest absolute Gasteiger partial charge is 0.503 e. The molecule has 40 heavy (non-hydrogen) atoms. The van der Waals surface area contributed by atoms with Crippen molar-refractivity contribution in [2.24, 2.45) is 5.92 Å². The second kappa shape index (κ2) is 11.5. The van der Waals surface area contributed by atoms with Gasteiger partial charge in [0.05, 0.1) is 28.8 Å². The number of carbonyl (C=O) groups excluding carboxylic acids is 2. The molecular weight excluding hydrogens is 520 g/mol. The van der Waals surface area contributed by atoms with Crippen LogP contribution in [-0.4, -0.2) is 33.3 Å². The molecule has 7 heteroatoms. The van der Waals surface area contributed by atoms with Crippen molar-refractivity contribution in [2.45, 2.75) is 40.3 Å². The van der Waals surface area contributed by atoms with Crippen LogP contribution >= 0.6 is 11.3 Å². The Kier molecular flexibility index (Phi) is 7.85. The predicted octanol–water partition coefficient (Wildman–Crippen LogP) is 7.24. The van der Waals surface area contributed by atoms with E-state index in [1.54, 1.807) is 11.8 Å². The average molecular weight is 553 g/mol. The van der Waals surface area contributed by atoms with Gasteiger partial charge < -0.3 is 14.7 Å². The Morgan fingerprint density at radius 1 is 1.02 bits per heavy atom. The number of aliphatic hydroxyl groups is 1. The van der Waals surface area contributed by atoms with Crippen LogP contribution in [0.5, 0.6) is 5.75 Å². The average Bonchev–Trinajstić information content (AvgIpc) is 3.45. The van der Waals surface area contributed by atoms with Crippen LogP contribution < -0.4 is 4.74 Å². The lowest BCUT2D eigenvalue weighted by Gasteiger charge is -2.27. The molecule has 0 fully saturated rings. The second-order valence-corrected chi connectivity index (χ2v) is 11.5. The van der Waals surface area contributed by atoms with Gasteiger partial charge in [-0.05, 0) is 43.0 Å². The standard InChI is InChI=1S/C33H32N2O4S/c1-20(2)19-39-26-15-13-23(14-16-26)18-35-28(25-12-8-9-21(3)17-25)27(30(37)33(35)38)29(36)31-22(4)34-32(40-31)24-10-6-5-7-11-24/h5-17,20,28,37H,18-19H2,1-4H3. The summed E-state index contributed by atoms with van der Waals surface area (Å²) in [4.78, 5) is 34.2. The Morgan fingerprint density at radius 2 is 1.75 bits per heavy atom. The molecule has 1 aliphatic rings. The molecule has 204 valence electrons. The minimum Gasteiger partial charge on any atom is -0.503 e. The molecule has 0 radical (unpaired) electrons. The number of Topliss-reactive ketones (excluding diaryl/α,β-unsaturated/α-hetero) is 1. The molecule has 1 N–H and O–H groups in total. The van der Waals surface area contributed by atoms with E-state index in [2.05, 4.69) is 18.8 Å². The maximum Gasteiger partial charge on any atom is 0.290 e. The van der Waals surface area contributed by atoms with Gasteiger partial charge in [-0.25, -0.2) is 4.98 Å². The first kappa shape index (κ1) is 27.3. The summed E-state index contributed by atoms with van der Waals surface area (Å²) in [6.45, 7) is 8.77. The van der Waals surface area contributed by atoms with E-state index < -0.39 is 17.7 Å². The Hall–Kier alpha value is -4.23. The number of thiazole rings is 1. The molecule has 2 heterocycles. The number of ether oxygens (including phenoxy) is 1. The molecule has 0 spiro atoms. The highest BCUT2D eigenvalue weighted by Crippen LogP contribution is 2.42. The fourth-order valence-corrected chi connectivity index (χ4v) is 5.85. The van der Waals surface area contributed by atoms with Crippen LogP contribution in [0.15, 0.2) is 90.2 Å². The molecule has 0 saturated carbocycles. The van der Waals surface area contributed by atoms with Crippen molar-refractivity contribution in [3.8, 4) is 16.3 Å². The van der Waals surface area contributed by atoms with Crippen molar-refractivity contribution in [3.05, 3.63) is 117 Å². The first-order chi connectivity index (χ1) is 19.2. The highest BCUT2D eigenvalue weighted by Gasteiger charge is 2.44. The van der Waals surface area contributed by atoms with Crippen molar-refractivity contribution >= 4 is 23.0 Å². The Labute approximate surface area is 238 Å². The number of amides is 1. The SMILES string of the molecule is Cc1cccc(C2C(C(=O)c3sc(-c4ccccc4)nc3C)=C(O)C(=O)N2Cc2ccc(OCC(C)C)cc2)c1. The highest BCUT2D eigenvalue weighted by atomic mass is 32.1. The van der Waals surface area contributed by atoms with E-state index in [4.69, 9.17) is 4.74 Å². The number of ketones is 1. The van der Waals surface area contributed by atoms with Crippen LogP contribution in [0, 0.1) is 19.8 Å². The predicted molar refractivity (Wildman–Crippen MR) is 158 cm³/mol. The summed E-state index contributed by atoms with van der Waals surface area (Å²) >= 11 is 1.27. The third kappa shape index (κ3) is 5.56. The monoisotopic (exact) mass is 552 g/mol. The first-order valence-electron chi connectivity index (χ1n) is 13.3. The van der Waals surface area contributed by atoms with Gasteiger partial charge in [0.1, 0.15) is 10.8 Å². The van der Waals surface area contributed by atoms with Crippen LogP contribution in [-0.2, 0) is 11.3 Å². The van der Waals surface area contributed by atoms with Crippen LogP contribution in [0.25, 0.3) is 10.6 Å². The van der Waals surface area contributed by atoms with Gasteiger partial charge in [-0.1, -0.05) is 86.1 Å². The molecular formula is C33H32N2O4S. The Bertz CT molecular complexity index is 1570. The van der Waals surface area contributed by atoms with Crippen LogP contribution in [0.1, 0.15) is 51.9 Å². The summed E-state index contributed by atoms with van der Waals surface area (Å²) in [6.07, 6.45) is 0. The van der Waals surface area contributed by atoms with E-state index in [1.165, 1.54) is 11.3 Å². The Morgan fingerprint density at radius 3 is 2.42 bits per heavy atom. The summed E-state index contributed by atoms with van der Waals surface area (Å²) in [5.41, 5.74) is 4.19. The highest BCUT2D eigenvalue weighted by molar-refractivity contribution is 7.17. The summed E-state index contributed by atoms with van der Waals surface area (Å²) in [5, 5.41) is 11.9. The molecule has 1 atom stereocenters. The van der Waals surface area contributed by atoms with Crippen LogP contribution in [0.2, 0.25) is 0 Å². The van der Waals surface area contributed by atoms with Crippen LogP contribution in [0.3, 0.4) is 0 Å². The lowest BCUT2D eigenvalue weighted by molar-refractivity contribution is -0.130. The zero-order valence-electron chi connectivity index (χ0n) is 23.0. The maximum atomic E-state index is 14.1. The number of hydrogen-bond acceptors (Lipinski definition) is 6. The van der Waals surface area contributed by atoms with Gasteiger partial charge >= 0.3 is 0 Å². The number of aliphatic hydroxyl groups excluding tert-OH is 1. The van der Waals surface area contributed by atoms with Gasteiger partial charge in [-0.2, -0.15) is 0 Å². The molecule has 4 aromatic rings. The van der Waals surface area contributed by atoms with Gasteiger partial charge in [0, 0.05) is 12.1 Å². The minimum absolute atomic E-state index is 0.0823.